The third-order valence-electron chi connectivity index (χ3n) is 4.14. The van der Waals surface area contributed by atoms with E-state index in [0.717, 1.165) is 31.6 Å². The van der Waals surface area contributed by atoms with Crippen LogP contribution in [0.1, 0.15) is 33.1 Å². The zero-order valence-corrected chi connectivity index (χ0v) is 14.0. The van der Waals surface area contributed by atoms with Crippen molar-refractivity contribution in [2.24, 2.45) is 5.92 Å². The van der Waals surface area contributed by atoms with Crippen LogP contribution in [0.2, 0.25) is 0 Å². The van der Waals surface area contributed by atoms with Crippen LogP contribution in [0.4, 0.5) is 5.82 Å². The molecule has 0 aliphatic carbocycles. The van der Waals surface area contributed by atoms with E-state index in [1.54, 1.807) is 12.4 Å². The lowest BCUT2D eigenvalue weighted by Crippen LogP contribution is -2.35. The van der Waals surface area contributed by atoms with Gasteiger partial charge in [-0.05, 0) is 12.8 Å². The molecule has 1 aliphatic heterocycles. The van der Waals surface area contributed by atoms with Crippen molar-refractivity contribution >= 4 is 11.7 Å². The van der Waals surface area contributed by atoms with E-state index in [9.17, 15) is 4.79 Å². The molecular formula is C16H26N4O2. The molecule has 0 spiro atoms. The van der Waals surface area contributed by atoms with E-state index in [4.69, 9.17) is 4.74 Å². The van der Waals surface area contributed by atoms with Gasteiger partial charge >= 0.3 is 0 Å². The number of nitrogens with zero attached hydrogens (tertiary/aromatic N) is 4. The summed E-state index contributed by atoms with van der Waals surface area (Å²) in [6.45, 7) is 5.54. The lowest BCUT2D eigenvalue weighted by Gasteiger charge is -2.21. The molecule has 1 aliphatic rings. The van der Waals surface area contributed by atoms with Crippen LogP contribution in [0.25, 0.3) is 0 Å². The number of carbonyl (C=O) groups is 1. The van der Waals surface area contributed by atoms with Gasteiger partial charge in [0.15, 0.2) is 5.82 Å². The van der Waals surface area contributed by atoms with Crippen LogP contribution in [0.15, 0.2) is 12.4 Å². The van der Waals surface area contributed by atoms with Crippen LogP contribution in [0.3, 0.4) is 0 Å². The molecule has 1 saturated heterocycles. The number of carbonyl (C=O) groups excluding carboxylic acids is 1. The Labute approximate surface area is 132 Å². The van der Waals surface area contributed by atoms with Gasteiger partial charge in [0, 0.05) is 33.0 Å². The molecule has 1 aromatic heterocycles. The third kappa shape index (κ3) is 3.87. The van der Waals surface area contributed by atoms with Gasteiger partial charge in [-0.25, -0.2) is 0 Å². The fraction of sp³-hybridized carbons (Fsp3) is 0.688. The molecule has 6 nitrogen and oxygen atoms in total. The molecule has 1 amide bonds. The molecular weight excluding hydrogens is 280 g/mol. The Kier molecular flexibility index (Phi) is 5.57. The molecule has 22 heavy (non-hydrogen) atoms. The summed E-state index contributed by atoms with van der Waals surface area (Å²) in [6.07, 6.45) is 5.97. The van der Waals surface area contributed by atoms with Crippen LogP contribution in [0, 0.1) is 5.92 Å². The van der Waals surface area contributed by atoms with Crippen molar-refractivity contribution in [2.45, 2.75) is 39.2 Å². The first kappa shape index (κ1) is 16.5. The van der Waals surface area contributed by atoms with E-state index >= 15 is 0 Å². The van der Waals surface area contributed by atoms with Crippen molar-refractivity contribution in [1.29, 1.82) is 0 Å². The Morgan fingerprint density at radius 2 is 2.14 bits per heavy atom. The second-order valence-corrected chi connectivity index (χ2v) is 5.94. The minimum Gasteiger partial charge on any atom is -0.471 e. The summed E-state index contributed by atoms with van der Waals surface area (Å²) in [5, 5.41) is 0. The molecule has 1 unspecified atom stereocenters. The maximum atomic E-state index is 12.4. The van der Waals surface area contributed by atoms with Gasteiger partial charge in [-0.15, -0.1) is 0 Å². The lowest BCUT2D eigenvalue weighted by atomic mass is 10.0. The van der Waals surface area contributed by atoms with E-state index in [0.29, 0.717) is 12.4 Å². The average molecular weight is 306 g/mol. The van der Waals surface area contributed by atoms with Gasteiger partial charge in [0.2, 0.25) is 11.8 Å². The molecule has 0 radical (unpaired) electrons. The van der Waals surface area contributed by atoms with Crippen LogP contribution in [-0.2, 0) is 4.79 Å². The molecule has 6 heteroatoms. The molecule has 1 aromatic rings. The third-order valence-corrected chi connectivity index (χ3v) is 4.14. The van der Waals surface area contributed by atoms with Gasteiger partial charge in [0.1, 0.15) is 6.10 Å². The second kappa shape index (κ2) is 7.42. The van der Waals surface area contributed by atoms with Gasteiger partial charge in [-0.2, -0.15) is 4.98 Å². The maximum Gasteiger partial charge on any atom is 0.234 e. The molecule has 1 fully saturated rings. The summed E-state index contributed by atoms with van der Waals surface area (Å²) in [6, 6.07) is 0. The van der Waals surface area contributed by atoms with Crippen molar-refractivity contribution in [3.63, 3.8) is 0 Å². The predicted molar refractivity (Wildman–Crippen MR) is 86.0 cm³/mol. The molecule has 0 aromatic carbocycles. The summed E-state index contributed by atoms with van der Waals surface area (Å²) < 4.78 is 5.90. The number of hydrogen-bond donors (Lipinski definition) is 0. The molecule has 122 valence electrons. The van der Waals surface area contributed by atoms with E-state index in [2.05, 4.69) is 23.8 Å². The summed E-state index contributed by atoms with van der Waals surface area (Å²) in [4.78, 5) is 24.8. The van der Waals surface area contributed by atoms with Gasteiger partial charge < -0.3 is 14.5 Å². The monoisotopic (exact) mass is 306 g/mol. The Bertz CT molecular complexity index is 503. The number of rotatable bonds is 6. The van der Waals surface area contributed by atoms with Gasteiger partial charge in [0.25, 0.3) is 0 Å². The molecule has 0 N–H and O–H groups in total. The summed E-state index contributed by atoms with van der Waals surface area (Å²) in [5.74, 6) is 1.67. The SMILES string of the molecule is CCC(CC)C(=O)N1CCC(Oc2cncc(N(C)C)n2)C1. The number of hydrogen-bond acceptors (Lipinski definition) is 5. The smallest absolute Gasteiger partial charge is 0.234 e. The van der Waals surface area contributed by atoms with E-state index in [1.165, 1.54) is 0 Å². The minimum atomic E-state index is 0.00465. The predicted octanol–water partition coefficient (Wildman–Crippen LogP) is 1.96. The first-order valence-electron chi connectivity index (χ1n) is 7.99. The Morgan fingerprint density at radius 3 is 2.77 bits per heavy atom. The molecule has 0 bridgehead atoms. The number of ether oxygens (including phenoxy) is 1. The highest BCUT2D eigenvalue weighted by molar-refractivity contribution is 5.79. The minimum absolute atomic E-state index is 0.00465. The van der Waals surface area contributed by atoms with E-state index < -0.39 is 0 Å². The van der Waals surface area contributed by atoms with Crippen LogP contribution in [-0.4, -0.2) is 54.1 Å². The number of amides is 1. The summed E-state index contributed by atoms with van der Waals surface area (Å²) in [5.41, 5.74) is 0. The van der Waals surface area contributed by atoms with Crippen molar-refractivity contribution in [3.8, 4) is 5.88 Å². The highest BCUT2D eigenvalue weighted by atomic mass is 16.5. The first-order valence-corrected chi connectivity index (χ1v) is 7.99. The number of aromatic nitrogens is 2. The topological polar surface area (TPSA) is 58.6 Å². The second-order valence-electron chi connectivity index (χ2n) is 5.94. The molecule has 0 saturated carbocycles. The quantitative estimate of drug-likeness (QED) is 0.804. The maximum absolute atomic E-state index is 12.4. The average Bonchev–Trinajstić information content (AvgIpc) is 2.97. The highest BCUT2D eigenvalue weighted by Gasteiger charge is 2.30. The molecule has 2 heterocycles. The highest BCUT2D eigenvalue weighted by Crippen LogP contribution is 2.21. The summed E-state index contributed by atoms with van der Waals surface area (Å²) >= 11 is 0. The number of likely N-dealkylation sites (tertiary alicyclic amines) is 1. The fourth-order valence-electron chi connectivity index (χ4n) is 2.70. The number of anilines is 1. The van der Waals surface area contributed by atoms with Gasteiger partial charge in [-0.1, -0.05) is 13.8 Å². The van der Waals surface area contributed by atoms with Crippen molar-refractivity contribution in [1.82, 2.24) is 14.9 Å². The summed E-state index contributed by atoms with van der Waals surface area (Å²) in [7, 11) is 3.83. The van der Waals surface area contributed by atoms with E-state index in [1.807, 2.05) is 23.9 Å². The fourth-order valence-corrected chi connectivity index (χ4v) is 2.70. The Hall–Kier alpha value is -1.85. The van der Waals surface area contributed by atoms with Crippen molar-refractivity contribution in [3.05, 3.63) is 12.4 Å². The largest absolute Gasteiger partial charge is 0.471 e. The first-order chi connectivity index (χ1) is 10.5. The Balaban J connectivity index is 1.94. The zero-order chi connectivity index (χ0) is 16.1. The van der Waals surface area contributed by atoms with E-state index in [-0.39, 0.29) is 17.9 Å². The van der Waals surface area contributed by atoms with Crippen LogP contribution in [0.5, 0.6) is 5.88 Å². The molecule has 1 atom stereocenters. The Morgan fingerprint density at radius 1 is 1.41 bits per heavy atom. The van der Waals surface area contributed by atoms with Crippen molar-refractivity contribution in [2.75, 3.05) is 32.1 Å². The van der Waals surface area contributed by atoms with Gasteiger partial charge in [0.05, 0.1) is 18.9 Å². The van der Waals surface area contributed by atoms with Crippen LogP contribution < -0.4 is 9.64 Å². The van der Waals surface area contributed by atoms with Crippen LogP contribution >= 0.6 is 0 Å². The lowest BCUT2D eigenvalue weighted by molar-refractivity contribution is -0.134. The standard InChI is InChI=1S/C16H26N4O2/c1-5-12(6-2)16(21)20-8-7-13(11-20)22-15-10-17-9-14(18-15)19(3)4/h9-10,12-13H,5-8,11H2,1-4H3. The zero-order valence-electron chi connectivity index (χ0n) is 14.0. The van der Waals surface area contributed by atoms with Crippen molar-refractivity contribution < 1.29 is 9.53 Å². The normalized spacial score (nSPS) is 17.9. The molecule has 2 rings (SSSR count). The van der Waals surface area contributed by atoms with Gasteiger partial charge in [-0.3, -0.25) is 9.78 Å².